The number of nitrogens with two attached hydrogens (primary N) is 1. The highest BCUT2D eigenvalue weighted by molar-refractivity contribution is 5.99. The molecule has 1 spiro atoms. The summed E-state index contributed by atoms with van der Waals surface area (Å²) >= 11 is 0. The van der Waals surface area contributed by atoms with E-state index in [4.69, 9.17) is 10.7 Å². The number of hydrogen-bond acceptors (Lipinski definition) is 5. The maximum absolute atomic E-state index is 12.5. The van der Waals surface area contributed by atoms with Crippen LogP contribution in [-0.4, -0.2) is 39.1 Å². The van der Waals surface area contributed by atoms with E-state index in [9.17, 15) is 4.79 Å². The van der Waals surface area contributed by atoms with E-state index in [-0.39, 0.29) is 11.4 Å². The SMILES string of the molecule is N[C@H]1CC[C@H](Nc2ncc3cc4n(c3n2)C2(CCCCC2)CNC4=O)CC1. The van der Waals surface area contributed by atoms with Crippen LogP contribution in [0, 0.1) is 0 Å². The molecule has 2 fully saturated rings. The van der Waals surface area contributed by atoms with Gasteiger partial charge in [0, 0.05) is 30.2 Å². The lowest BCUT2D eigenvalue weighted by atomic mass is 9.80. The number of nitrogens with zero attached hydrogens (tertiary/aromatic N) is 3. The largest absolute Gasteiger partial charge is 0.351 e. The first-order valence-electron chi connectivity index (χ1n) is 10.3. The normalized spacial score (nSPS) is 27.4. The summed E-state index contributed by atoms with van der Waals surface area (Å²) in [6, 6.07) is 2.66. The van der Waals surface area contributed by atoms with Crippen molar-refractivity contribution < 1.29 is 4.79 Å². The number of carbonyl (C=O) groups excluding carboxylic acids is 1. The van der Waals surface area contributed by atoms with Crippen molar-refractivity contribution in [3.8, 4) is 0 Å². The summed E-state index contributed by atoms with van der Waals surface area (Å²) in [5, 5.41) is 7.56. The zero-order valence-corrected chi connectivity index (χ0v) is 15.7. The number of amides is 1. The highest BCUT2D eigenvalue weighted by atomic mass is 16.2. The van der Waals surface area contributed by atoms with Crippen molar-refractivity contribution in [2.75, 3.05) is 11.9 Å². The molecule has 2 aliphatic carbocycles. The van der Waals surface area contributed by atoms with Crippen LogP contribution >= 0.6 is 0 Å². The summed E-state index contributed by atoms with van der Waals surface area (Å²) in [5.41, 5.74) is 7.61. The molecule has 1 aliphatic heterocycles. The number of carbonyl (C=O) groups is 1. The van der Waals surface area contributed by atoms with Crippen molar-refractivity contribution in [2.45, 2.75) is 75.4 Å². The first-order valence-corrected chi connectivity index (χ1v) is 10.3. The number of fused-ring (bicyclic) bond motifs is 4. The molecule has 0 radical (unpaired) electrons. The highest BCUT2D eigenvalue weighted by Gasteiger charge is 2.41. The summed E-state index contributed by atoms with van der Waals surface area (Å²) in [6.45, 7) is 0.704. The molecule has 2 saturated carbocycles. The molecule has 144 valence electrons. The van der Waals surface area contributed by atoms with E-state index in [0.29, 0.717) is 24.6 Å². The Hall–Kier alpha value is -2.15. The standard InChI is InChI=1S/C20H28N6O/c21-14-4-6-15(7-5-14)24-19-22-11-13-10-16-18(27)23-12-20(8-2-1-3-9-20)26(16)17(13)25-19/h10-11,14-15H,1-9,12,21H2,(H,23,27)(H,22,24,25)/t14-,15-. The molecular formula is C20H28N6O. The Balaban J connectivity index is 1.53. The third-order valence-corrected chi connectivity index (χ3v) is 6.72. The molecule has 3 aliphatic rings. The van der Waals surface area contributed by atoms with Gasteiger partial charge in [-0.2, -0.15) is 4.98 Å². The van der Waals surface area contributed by atoms with Crippen LogP contribution in [-0.2, 0) is 5.54 Å². The summed E-state index contributed by atoms with van der Waals surface area (Å²) in [6.07, 6.45) is 11.9. The third-order valence-electron chi connectivity index (χ3n) is 6.72. The van der Waals surface area contributed by atoms with Gasteiger partial charge in [0.25, 0.3) is 5.91 Å². The van der Waals surface area contributed by atoms with Crippen LogP contribution in [0.25, 0.3) is 11.0 Å². The van der Waals surface area contributed by atoms with E-state index in [0.717, 1.165) is 55.3 Å². The quantitative estimate of drug-likeness (QED) is 0.757. The van der Waals surface area contributed by atoms with Crippen LogP contribution in [0.1, 0.15) is 68.3 Å². The van der Waals surface area contributed by atoms with E-state index >= 15 is 0 Å². The molecule has 0 atom stereocenters. The van der Waals surface area contributed by atoms with Gasteiger partial charge in [-0.05, 0) is 44.6 Å². The molecule has 2 aromatic rings. The Kier molecular flexibility index (Phi) is 4.07. The lowest BCUT2D eigenvalue weighted by Crippen LogP contribution is -2.52. The Bertz CT molecular complexity index is 861. The summed E-state index contributed by atoms with van der Waals surface area (Å²) in [5.74, 6) is 0.667. The molecule has 2 aromatic heterocycles. The van der Waals surface area contributed by atoms with Gasteiger partial charge in [0.05, 0.1) is 5.54 Å². The second-order valence-corrected chi connectivity index (χ2v) is 8.56. The molecule has 7 heteroatoms. The van der Waals surface area contributed by atoms with Crippen molar-refractivity contribution in [1.82, 2.24) is 19.9 Å². The fourth-order valence-corrected chi connectivity index (χ4v) is 5.18. The second-order valence-electron chi connectivity index (χ2n) is 8.56. The molecule has 1 amide bonds. The number of rotatable bonds is 2. The van der Waals surface area contributed by atoms with Gasteiger partial charge >= 0.3 is 0 Å². The molecule has 0 saturated heterocycles. The first kappa shape index (κ1) is 17.0. The Labute approximate surface area is 159 Å². The van der Waals surface area contributed by atoms with E-state index in [1.165, 1.54) is 19.3 Å². The zero-order chi connectivity index (χ0) is 18.4. The van der Waals surface area contributed by atoms with Gasteiger partial charge in [0.2, 0.25) is 5.95 Å². The van der Waals surface area contributed by atoms with Crippen LogP contribution in [0.3, 0.4) is 0 Å². The van der Waals surface area contributed by atoms with Crippen molar-refractivity contribution in [3.05, 3.63) is 18.0 Å². The van der Waals surface area contributed by atoms with Gasteiger partial charge in [-0.15, -0.1) is 0 Å². The van der Waals surface area contributed by atoms with E-state index in [1.54, 1.807) is 0 Å². The maximum Gasteiger partial charge on any atom is 0.268 e. The van der Waals surface area contributed by atoms with Crippen molar-refractivity contribution in [1.29, 1.82) is 0 Å². The minimum atomic E-state index is -0.0352. The van der Waals surface area contributed by atoms with Crippen molar-refractivity contribution >= 4 is 22.9 Å². The Morgan fingerprint density at radius 2 is 1.96 bits per heavy atom. The second kappa shape index (κ2) is 6.48. The van der Waals surface area contributed by atoms with Crippen molar-refractivity contribution in [2.24, 2.45) is 5.73 Å². The van der Waals surface area contributed by atoms with Gasteiger partial charge in [-0.25, -0.2) is 4.98 Å². The number of anilines is 1. The van der Waals surface area contributed by atoms with E-state index < -0.39 is 0 Å². The molecule has 0 bridgehead atoms. The average molecular weight is 368 g/mol. The molecule has 27 heavy (non-hydrogen) atoms. The lowest BCUT2D eigenvalue weighted by Gasteiger charge is -2.42. The monoisotopic (exact) mass is 368 g/mol. The van der Waals surface area contributed by atoms with Crippen LogP contribution < -0.4 is 16.4 Å². The molecule has 0 aromatic carbocycles. The molecule has 3 heterocycles. The molecule has 7 nitrogen and oxygen atoms in total. The topological polar surface area (TPSA) is 97.9 Å². The lowest BCUT2D eigenvalue weighted by molar-refractivity contribution is 0.0833. The highest BCUT2D eigenvalue weighted by Crippen LogP contribution is 2.40. The summed E-state index contributed by atoms with van der Waals surface area (Å²) < 4.78 is 2.23. The fraction of sp³-hybridized carbons (Fsp3) is 0.650. The number of aromatic nitrogens is 3. The molecule has 4 N–H and O–H groups in total. The van der Waals surface area contributed by atoms with E-state index in [1.807, 2.05) is 12.3 Å². The predicted octanol–water partition coefficient (Wildman–Crippen LogP) is 2.52. The molecule has 5 rings (SSSR count). The van der Waals surface area contributed by atoms with Crippen molar-refractivity contribution in [3.63, 3.8) is 0 Å². The van der Waals surface area contributed by atoms with Gasteiger partial charge < -0.3 is 20.9 Å². The van der Waals surface area contributed by atoms with Gasteiger partial charge in [-0.3, -0.25) is 4.79 Å². The van der Waals surface area contributed by atoms with Gasteiger partial charge in [0.15, 0.2) is 0 Å². The Morgan fingerprint density at radius 3 is 2.74 bits per heavy atom. The predicted molar refractivity (Wildman–Crippen MR) is 105 cm³/mol. The third kappa shape index (κ3) is 2.88. The number of nitrogens with one attached hydrogen (secondary N) is 2. The summed E-state index contributed by atoms with van der Waals surface area (Å²) in [4.78, 5) is 21.9. The van der Waals surface area contributed by atoms with E-state index in [2.05, 4.69) is 20.2 Å². The molecular weight excluding hydrogens is 340 g/mol. The zero-order valence-electron chi connectivity index (χ0n) is 15.7. The molecule has 0 unspecified atom stereocenters. The van der Waals surface area contributed by atoms with Crippen LogP contribution in [0.15, 0.2) is 12.3 Å². The number of hydrogen-bond donors (Lipinski definition) is 3. The van der Waals surface area contributed by atoms with Crippen LogP contribution in [0.5, 0.6) is 0 Å². The maximum atomic E-state index is 12.5. The van der Waals surface area contributed by atoms with Gasteiger partial charge in [-0.1, -0.05) is 19.3 Å². The van der Waals surface area contributed by atoms with Crippen LogP contribution in [0.2, 0.25) is 0 Å². The Morgan fingerprint density at radius 1 is 1.19 bits per heavy atom. The fourth-order valence-electron chi connectivity index (χ4n) is 5.18. The summed E-state index contributed by atoms with van der Waals surface area (Å²) in [7, 11) is 0. The average Bonchev–Trinajstić information content (AvgIpc) is 3.08. The van der Waals surface area contributed by atoms with Gasteiger partial charge in [0.1, 0.15) is 11.3 Å². The van der Waals surface area contributed by atoms with Crippen LogP contribution in [0.4, 0.5) is 5.95 Å². The smallest absolute Gasteiger partial charge is 0.268 e. The minimum Gasteiger partial charge on any atom is -0.351 e. The first-order chi connectivity index (χ1) is 13.1. The minimum absolute atomic E-state index is 0.0000224.